The molecule has 3 aliphatic rings. The van der Waals surface area contributed by atoms with E-state index < -0.39 is 0 Å². The molecule has 6 nitrogen and oxygen atoms in total. The maximum Gasteiger partial charge on any atom is 0.238 e. The van der Waals surface area contributed by atoms with Gasteiger partial charge in [-0.25, -0.2) is 0 Å². The molecule has 1 N–H and O–H groups in total. The third-order valence-electron chi connectivity index (χ3n) is 7.24. The van der Waals surface area contributed by atoms with Crippen LogP contribution in [0.3, 0.4) is 0 Å². The van der Waals surface area contributed by atoms with Gasteiger partial charge in [-0.15, -0.1) is 0 Å². The Balaban J connectivity index is 1.21. The summed E-state index contributed by atoms with van der Waals surface area (Å²) in [7, 11) is 2.19. The van der Waals surface area contributed by atoms with Crippen molar-refractivity contribution in [3.8, 4) is 0 Å². The van der Waals surface area contributed by atoms with E-state index in [-0.39, 0.29) is 11.2 Å². The first-order valence-electron chi connectivity index (χ1n) is 12.2. The molecule has 1 saturated carbocycles. The lowest BCUT2D eigenvalue weighted by Crippen LogP contribution is -2.28. The zero-order valence-corrected chi connectivity index (χ0v) is 20.2. The van der Waals surface area contributed by atoms with Gasteiger partial charge in [-0.05, 0) is 70.5 Å². The van der Waals surface area contributed by atoms with E-state index in [4.69, 9.17) is 5.10 Å². The normalized spacial score (nSPS) is 22.6. The molecular formula is C25H35N5OS. The van der Waals surface area contributed by atoms with Crippen LogP contribution in [0.5, 0.6) is 0 Å². The third-order valence-corrected chi connectivity index (χ3v) is 8.56. The Morgan fingerprint density at radius 2 is 1.81 bits per heavy atom. The topological polar surface area (TPSA) is 53.4 Å². The standard InChI is InChI=1S/C25H35N5OS/c1-18-22-17-23(32-25(22)30(27-18)21-7-4-3-5-8-21)24(31)26-19-9-11-20(12-10-19)29-14-6-13-28(2)15-16-29/h9-12,21,23H,3-8,13-17H2,1-2H3,(H,26,31). The molecule has 1 saturated heterocycles. The molecule has 2 fully saturated rings. The van der Waals surface area contributed by atoms with Crippen LogP contribution >= 0.6 is 11.8 Å². The zero-order valence-electron chi connectivity index (χ0n) is 19.3. The van der Waals surface area contributed by atoms with E-state index >= 15 is 0 Å². The summed E-state index contributed by atoms with van der Waals surface area (Å²) >= 11 is 1.71. The second-order valence-electron chi connectivity index (χ2n) is 9.60. The number of likely N-dealkylation sites (N-methyl/N-ethyl adjacent to an activating group) is 1. The monoisotopic (exact) mass is 453 g/mol. The van der Waals surface area contributed by atoms with Crippen LogP contribution in [-0.4, -0.2) is 59.1 Å². The first-order chi connectivity index (χ1) is 15.6. The molecule has 0 bridgehead atoms. The molecule has 2 aliphatic heterocycles. The van der Waals surface area contributed by atoms with Gasteiger partial charge in [0.05, 0.1) is 22.0 Å². The molecular weight excluding hydrogens is 418 g/mol. The second-order valence-corrected chi connectivity index (χ2v) is 10.8. The number of carbonyl (C=O) groups excluding carboxylic acids is 1. The van der Waals surface area contributed by atoms with Crippen molar-refractivity contribution in [3.05, 3.63) is 35.5 Å². The number of nitrogens with zero attached hydrogens (tertiary/aromatic N) is 4. The van der Waals surface area contributed by atoms with Crippen LogP contribution in [-0.2, 0) is 11.2 Å². The van der Waals surface area contributed by atoms with Gasteiger partial charge in [0.15, 0.2) is 0 Å². The highest BCUT2D eigenvalue weighted by atomic mass is 32.2. The summed E-state index contributed by atoms with van der Waals surface area (Å²) in [5.74, 6) is 0.102. The summed E-state index contributed by atoms with van der Waals surface area (Å²) in [6.45, 7) is 6.49. The fourth-order valence-electron chi connectivity index (χ4n) is 5.28. The smallest absolute Gasteiger partial charge is 0.238 e. The Kier molecular flexibility index (Phi) is 6.47. The number of hydrogen-bond donors (Lipinski definition) is 1. The van der Waals surface area contributed by atoms with Crippen molar-refractivity contribution in [2.45, 2.75) is 68.2 Å². The Labute approximate surface area is 195 Å². The second kappa shape index (κ2) is 9.48. The van der Waals surface area contributed by atoms with Crippen LogP contribution in [0, 0.1) is 6.92 Å². The van der Waals surface area contributed by atoms with Gasteiger partial charge in [0.25, 0.3) is 0 Å². The molecule has 1 aromatic carbocycles. The van der Waals surface area contributed by atoms with Crippen molar-refractivity contribution >= 4 is 29.0 Å². The number of hydrogen-bond acceptors (Lipinski definition) is 5. The Bertz CT molecular complexity index is 950. The predicted molar refractivity (Wildman–Crippen MR) is 132 cm³/mol. The Morgan fingerprint density at radius 1 is 1.03 bits per heavy atom. The molecule has 1 unspecified atom stereocenters. The number of aryl methyl sites for hydroxylation is 1. The summed E-state index contributed by atoms with van der Waals surface area (Å²) < 4.78 is 2.25. The lowest BCUT2D eigenvalue weighted by atomic mass is 9.96. The number of carbonyl (C=O) groups is 1. The number of nitrogens with one attached hydrogen (secondary N) is 1. The van der Waals surface area contributed by atoms with Crippen molar-refractivity contribution < 1.29 is 4.79 Å². The van der Waals surface area contributed by atoms with Crippen LogP contribution in [0.15, 0.2) is 29.3 Å². The van der Waals surface area contributed by atoms with Gasteiger partial charge in [0.1, 0.15) is 0 Å². The fraction of sp³-hybridized carbons (Fsp3) is 0.600. The molecule has 7 heteroatoms. The number of anilines is 2. The lowest BCUT2D eigenvalue weighted by molar-refractivity contribution is -0.115. The maximum absolute atomic E-state index is 13.1. The average molecular weight is 454 g/mol. The minimum Gasteiger partial charge on any atom is -0.370 e. The highest BCUT2D eigenvalue weighted by molar-refractivity contribution is 8.00. The van der Waals surface area contributed by atoms with E-state index in [1.165, 1.54) is 54.8 Å². The molecule has 1 amide bonds. The SMILES string of the molecule is Cc1nn(C2CCCCC2)c2c1CC(C(=O)Nc1ccc(N3CCCN(C)CC3)cc1)S2. The van der Waals surface area contributed by atoms with E-state index in [1.807, 2.05) is 12.1 Å². The molecule has 172 valence electrons. The maximum atomic E-state index is 13.1. The minimum atomic E-state index is -0.0719. The molecule has 32 heavy (non-hydrogen) atoms. The average Bonchev–Trinajstić information content (AvgIpc) is 3.30. The van der Waals surface area contributed by atoms with E-state index in [0.29, 0.717) is 6.04 Å². The highest BCUT2D eigenvalue weighted by Crippen LogP contribution is 2.42. The van der Waals surface area contributed by atoms with Gasteiger partial charge < -0.3 is 15.1 Å². The molecule has 1 aliphatic carbocycles. The molecule has 5 rings (SSSR count). The third kappa shape index (κ3) is 4.55. The summed E-state index contributed by atoms with van der Waals surface area (Å²) in [4.78, 5) is 17.9. The Hall–Kier alpha value is -1.99. The summed E-state index contributed by atoms with van der Waals surface area (Å²) in [5, 5.41) is 9.18. The van der Waals surface area contributed by atoms with Crippen molar-refractivity contribution in [2.24, 2.45) is 0 Å². The van der Waals surface area contributed by atoms with E-state index in [9.17, 15) is 4.79 Å². The zero-order chi connectivity index (χ0) is 22.1. The lowest BCUT2D eigenvalue weighted by Gasteiger charge is -2.24. The molecule has 1 aromatic heterocycles. The van der Waals surface area contributed by atoms with Crippen LogP contribution in [0.4, 0.5) is 11.4 Å². The first kappa shape index (κ1) is 21.8. The van der Waals surface area contributed by atoms with Gasteiger partial charge in [-0.2, -0.15) is 5.10 Å². The molecule has 0 spiro atoms. The van der Waals surface area contributed by atoms with Crippen LogP contribution in [0.25, 0.3) is 0 Å². The number of aromatic nitrogens is 2. The van der Waals surface area contributed by atoms with Crippen LogP contribution in [0.2, 0.25) is 0 Å². The van der Waals surface area contributed by atoms with E-state index in [0.717, 1.165) is 44.0 Å². The highest BCUT2D eigenvalue weighted by Gasteiger charge is 2.35. The van der Waals surface area contributed by atoms with Crippen molar-refractivity contribution in [1.29, 1.82) is 0 Å². The largest absolute Gasteiger partial charge is 0.370 e. The predicted octanol–water partition coefficient (Wildman–Crippen LogP) is 4.49. The number of thioether (sulfide) groups is 1. The molecule has 2 aromatic rings. The fourth-order valence-corrected chi connectivity index (χ4v) is 6.64. The molecule has 1 atom stereocenters. The van der Waals surface area contributed by atoms with Gasteiger partial charge in [0, 0.05) is 36.6 Å². The number of benzene rings is 1. The van der Waals surface area contributed by atoms with Crippen molar-refractivity contribution in [2.75, 3.05) is 43.4 Å². The van der Waals surface area contributed by atoms with Crippen LogP contribution < -0.4 is 10.2 Å². The van der Waals surface area contributed by atoms with Crippen molar-refractivity contribution in [1.82, 2.24) is 14.7 Å². The van der Waals surface area contributed by atoms with Gasteiger partial charge in [0.2, 0.25) is 5.91 Å². The quantitative estimate of drug-likeness (QED) is 0.739. The summed E-state index contributed by atoms with van der Waals surface area (Å²) in [6.07, 6.45) is 8.31. The van der Waals surface area contributed by atoms with Crippen LogP contribution in [0.1, 0.15) is 55.8 Å². The summed E-state index contributed by atoms with van der Waals surface area (Å²) in [5.41, 5.74) is 4.50. The first-order valence-corrected chi connectivity index (χ1v) is 13.1. The van der Waals surface area contributed by atoms with Crippen molar-refractivity contribution in [3.63, 3.8) is 0 Å². The number of fused-ring (bicyclic) bond motifs is 1. The van der Waals surface area contributed by atoms with E-state index in [2.05, 4.69) is 45.9 Å². The number of amides is 1. The molecule has 0 radical (unpaired) electrons. The number of rotatable bonds is 4. The Morgan fingerprint density at radius 3 is 2.59 bits per heavy atom. The van der Waals surface area contributed by atoms with Gasteiger partial charge in [-0.1, -0.05) is 31.0 Å². The van der Waals surface area contributed by atoms with Gasteiger partial charge in [-0.3, -0.25) is 9.48 Å². The minimum absolute atomic E-state index is 0.0719. The molecule has 3 heterocycles. The van der Waals surface area contributed by atoms with Gasteiger partial charge >= 0.3 is 0 Å². The van der Waals surface area contributed by atoms with E-state index in [1.54, 1.807) is 11.8 Å². The summed E-state index contributed by atoms with van der Waals surface area (Å²) in [6, 6.07) is 8.88.